The highest BCUT2D eigenvalue weighted by Gasteiger charge is 2.19. The minimum Gasteiger partial charge on any atom is -0.355 e. The third-order valence-corrected chi connectivity index (χ3v) is 4.46. The highest BCUT2D eigenvalue weighted by molar-refractivity contribution is 6.31. The second-order valence-electron chi connectivity index (χ2n) is 5.96. The van der Waals surface area contributed by atoms with Crippen LogP contribution in [-0.4, -0.2) is 60.0 Å². The van der Waals surface area contributed by atoms with Crippen molar-refractivity contribution in [2.45, 2.75) is 6.42 Å². The molecule has 0 unspecified atom stereocenters. The van der Waals surface area contributed by atoms with Crippen LogP contribution in [0.4, 0.5) is 5.82 Å². The van der Waals surface area contributed by atoms with Crippen LogP contribution in [0.25, 0.3) is 10.9 Å². The summed E-state index contributed by atoms with van der Waals surface area (Å²) in [7, 11) is 0. The van der Waals surface area contributed by atoms with Crippen LogP contribution in [0.2, 0.25) is 5.02 Å². The van der Waals surface area contributed by atoms with Gasteiger partial charge in [-0.05, 0) is 24.6 Å². The van der Waals surface area contributed by atoms with Gasteiger partial charge >= 0.3 is 0 Å². The van der Waals surface area contributed by atoms with Crippen molar-refractivity contribution in [2.24, 2.45) is 0 Å². The Labute approximate surface area is 152 Å². The van der Waals surface area contributed by atoms with E-state index in [-0.39, 0.29) is 12.5 Å². The molecule has 1 aliphatic rings. The highest BCUT2D eigenvalue weighted by atomic mass is 35.5. The Morgan fingerprint density at radius 3 is 3.00 bits per heavy atom. The lowest BCUT2D eigenvalue weighted by atomic mass is 10.2. The average Bonchev–Trinajstić information content (AvgIpc) is 2.84. The maximum atomic E-state index is 11.8. The summed E-state index contributed by atoms with van der Waals surface area (Å²) in [6.07, 6.45) is 7.70. The third-order valence-electron chi connectivity index (χ3n) is 4.22. The van der Waals surface area contributed by atoms with Gasteiger partial charge in [-0.1, -0.05) is 17.5 Å². The normalized spacial score (nSPS) is 15.6. The molecule has 1 fully saturated rings. The number of aromatic nitrogens is 2. The van der Waals surface area contributed by atoms with Gasteiger partial charge in [0.25, 0.3) is 0 Å². The number of rotatable bonds is 4. The number of carbonyl (C=O) groups is 1. The van der Waals surface area contributed by atoms with Crippen LogP contribution in [-0.2, 0) is 4.79 Å². The first-order valence-corrected chi connectivity index (χ1v) is 8.63. The molecule has 0 bridgehead atoms. The summed E-state index contributed by atoms with van der Waals surface area (Å²) in [5.41, 5.74) is 0.840. The zero-order valence-corrected chi connectivity index (χ0v) is 14.7. The summed E-state index contributed by atoms with van der Waals surface area (Å²) >= 11 is 6.06. The average molecular weight is 358 g/mol. The molecule has 7 heteroatoms. The van der Waals surface area contributed by atoms with E-state index in [1.807, 2.05) is 18.2 Å². The zero-order valence-electron chi connectivity index (χ0n) is 13.9. The molecule has 0 spiro atoms. The van der Waals surface area contributed by atoms with Gasteiger partial charge in [-0.3, -0.25) is 9.69 Å². The van der Waals surface area contributed by atoms with Crippen molar-refractivity contribution < 1.29 is 4.79 Å². The Morgan fingerprint density at radius 1 is 1.28 bits per heavy atom. The molecule has 0 radical (unpaired) electrons. The minimum absolute atomic E-state index is 0.0338. The molecule has 2 aromatic rings. The number of nitrogens with one attached hydrogen (secondary N) is 1. The van der Waals surface area contributed by atoms with Crippen LogP contribution in [0.5, 0.6) is 0 Å². The van der Waals surface area contributed by atoms with Crippen molar-refractivity contribution in [3.63, 3.8) is 0 Å². The Balaban J connectivity index is 1.69. The number of fused-ring (bicyclic) bond motifs is 1. The fraction of sp³-hybridized carbons (Fsp3) is 0.389. The number of carbonyl (C=O) groups excluding carboxylic acids is 1. The molecule has 130 valence electrons. The number of nitrogens with zero attached hydrogens (tertiary/aromatic N) is 4. The minimum atomic E-state index is -0.0338. The molecular weight excluding hydrogens is 338 g/mol. The Kier molecular flexibility index (Phi) is 5.69. The Hall–Kier alpha value is -2.36. The van der Waals surface area contributed by atoms with E-state index in [4.69, 9.17) is 18.0 Å². The monoisotopic (exact) mass is 357 g/mol. The van der Waals surface area contributed by atoms with E-state index < -0.39 is 0 Å². The predicted molar refractivity (Wildman–Crippen MR) is 99.7 cm³/mol. The highest BCUT2D eigenvalue weighted by Crippen LogP contribution is 2.26. The van der Waals surface area contributed by atoms with Crippen molar-refractivity contribution in [3.8, 4) is 12.3 Å². The standard InChI is InChI=1S/C18H20ClN5O/c1-2-6-20-17(25)12-23-7-3-8-24(10-9-23)18-15-5-4-14(19)11-16(15)21-13-22-18/h1,4-5,11,13H,3,6-10,12H2,(H,20,25). The second kappa shape index (κ2) is 8.15. The zero-order chi connectivity index (χ0) is 17.6. The van der Waals surface area contributed by atoms with Gasteiger partial charge in [-0.25, -0.2) is 9.97 Å². The third kappa shape index (κ3) is 4.38. The Bertz CT molecular complexity index is 804. The van der Waals surface area contributed by atoms with E-state index in [0.29, 0.717) is 11.6 Å². The number of hydrogen-bond donors (Lipinski definition) is 1. The van der Waals surface area contributed by atoms with E-state index in [1.54, 1.807) is 6.33 Å². The Morgan fingerprint density at radius 2 is 2.16 bits per heavy atom. The summed E-state index contributed by atoms with van der Waals surface area (Å²) in [4.78, 5) is 25.0. The van der Waals surface area contributed by atoms with E-state index in [9.17, 15) is 4.79 Å². The molecule has 1 N–H and O–H groups in total. The molecule has 3 rings (SSSR count). The molecule has 0 saturated carbocycles. The second-order valence-corrected chi connectivity index (χ2v) is 6.39. The van der Waals surface area contributed by atoms with E-state index in [2.05, 4.69) is 31.0 Å². The quantitative estimate of drug-likeness (QED) is 0.841. The first-order chi connectivity index (χ1) is 12.2. The lowest BCUT2D eigenvalue weighted by Gasteiger charge is -2.23. The summed E-state index contributed by atoms with van der Waals surface area (Å²) in [5.74, 6) is 3.30. The van der Waals surface area contributed by atoms with Crippen LogP contribution < -0.4 is 10.2 Å². The molecule has 1 amide bonds. The maximum Gasteiger partial charge on any atom is 0.234 e. The smallest absolute Gasteiger partial charge is 0.234 e. The molecule has 0 aliphatic carbocycles. The van der Waals surface area contributed by atoms with Crippen LogP contribution in [0.1, 0.15) is 6.42 Å². The first-order valence-electron chi connectivity index (χ1n) is 8.25. The lowest BCUT2D eigenvalue weighted by molar-refractivity contribution is -0.121. The fourth-order valence-corrected chi connectivity index (χ4v) is 3.18. The van der Waals surface area contributed by atoms with Gasteiger partial charge in [0.1, 0.15) is 12.1 Å². The number of halogens is 1. The number of terminal acetylenes is 1. The van der Waals surface area contributed by atoms with E-state index in [1.165, 1.54) is 0 Å². The first kappa shape index (κ1) is 17.5. The number of benzene rings is 1. The number of amides is 1. The lowest BCUT2D eigenvalue weighted by Crippen LogP contribution is -2.39. The van der Waals surface area contributed by atoms with Crippen molar-refractivity contribution in [3.05, 3.63) is 29.5 Å². The van der Waals surface area contributed by atoms with Crippen LogP contribution >= 0.6 is 11.6 Å². The van der Waals surface area contributed by atoms with Crippen molar-refractivity contribution >= 4 is 34.2 Å². The van der Waals surface area contributed by atoms with Crippen LogP contribution in [0, 0.1) is 12.3 Å². The van der Waals surface area contributed by atoms with Gasteiger partial charge < -0.3 is 10.2 Å². The molecule has 25 heavy (non-hydrogen) atoms. The van der Waals surface area contributed by atoms with Crippen molar-refractivity contribution in [1.29, 1.82) is 0 Å². The van der Waals surface area contributed by atoms with Crippen LogP contribution in [0.15, 0.2) is 24.5 Å². The molecular formula is C18H20ClN5O. The number of hydrogen-bond acceptors (Lipinski definition) is 5. The molecule has 2 heterocycles. The largest absolute Gasteiger partial charge is 0.355 e. The fourth-order valence-electron chi connectivity index (χ4n) is 3.02. The summed E-state index contributed by atoms with van der Waals surface area (Å²) in [6.45, 7) is 4.00. The molecule has 1 saturated heterocycles. The van der Waals surface area contributed by atoms with E-state index >= 15 is 0 Å². The summed E-state index contributed by atoms with van der Waals surface area (Å²) in [6, 6.07) is 5.67. The number of anilines is 1. The van der Waals surface area contributed by atoms with Gasteiger partial charge in [0.15, 0.2) is 0 Å². The van der Waals surface area contributed by atoms with Crippen molar-refractivity contribution in [1.82, 2.24) is 20.2 Å². The van der Waals surface area contributed by atoms with E-state index in [0.717, 1.165) is 49.3 Å². The SMILES string of the molecule is C#CCNC(=O)CN1CCCN(c2ncnc3cc(Cl)ccc23)CC1. The maximum absolute atomic E-state index is 11.8. The predicted octanol–water partition coefficient (Wildman–Crippen LogP) is 1.54. The molecule has 1 aromatic heterocycles. The summed E-state index contributed by atoms with van der Waals surface area (Å²) < 4.78 is 0. The molecule has 1 aromatic carbocycles. The molecule has 1 aliphatic heterocycles. The van der Waals surface area contributed by atoms with Gasteiger partial charge in [0, 0.05) is 36.6 Å². The van der Waals surface area contributed by atoms with Gasteiger partial charge in [-0.2, -0.15) is 0 Å². The molecule has 6 nitrogen and oxygen atoms in total. The van der Waals surface area contributed by atoms with Gasteiger partial charge in [0.2, 0.25) is 5.91 Å². The summed E-state index contributed by atoms with van der Waals surface area (Å²) in [5, 5.41) is 4.37. The van der Waals surface area contributed by atoms with Crippen molar-refractivity contribution in [2.75, 3.05) is 44.2 Å². The van der Waals surface area contributed by atoms with Crippen LogP contribution in [0.3, 0.4) is 0 Å². The van der Waals surface area contributed by atoms with Gasteiger partial charge in [-0.15, -0.1) is 6.42 Å². The molecule has 0 atom stereocenters. The van der Waals surface area contributed by atoms with Gasteiger partial charge in [0.05, 0.1) is 18.6 Å². The topological polar surface area (TPSA) is 61.4 Å².